The van der Waals surface area contributed by atoms with Crippen molar-refractivity contribution in [2.75, 3.05) is 13.1 Å². The third-order valence-corrected chi connectivity index (χ3v) is 7.84. The number of aromatic nitrogens is 1. The van der Waals surface area contributed by atoms with Crippen LogP contribution in [0.4, 0.5) is 0 Å². The van der Waals surface area contributed by atoms with E-state index >= 15 is 0 Å². The number of aromatic amines is 1. The van der Waals surface area contributed by atoms with Crippen molar-refractivity contribution in [1.82, 2.24) is 15.6 Å². The van der Waals surface area contributed by atoms with Gasteiger partial charge in [-0.1, -0.05) is 75.8 Å². The Morgan fingerprint density at radius 1 is 1.18 bits per heavy atom. The van der Waals surface area contributed by atoms with Crippen LogP contribution in [0, 0.1) is 24.7 Å². The van der Waals surface area contributed by atoms with E-state index in [2.05, 4.69) is 91.5 Å². The van der Waals surface area contributed by atoms with Crippen molar-refractivity contribution in [3.63, 3.8) is 0 Å². The van der Waals surface area contributed by atoms with Gasteiger partial charge in [-0.15, -0.1) is 0 Å². The van der Waals surface area contributed by atoms with Gasteiger partial charge >= 0.3 is 0 Å². The van der Waals surface area contributed by atoms with Crippen LogP contribution in [-0.4, -0.2) is 18.1 Å². The summed E-state index contributed by atoms with van der Waals surface area (Å²) in [4.78, 5) is 3.58. The predicted molar refractivity (Wildman–Crippen MR) is 147 cm³/mol. The average molecular weight is 458 g/mol. The van der Waals surface area contributed by atoms with E-state index in [0.717, 1.165) is 62.3 Å². The topological polar surface area (TPSA) is 39.9 Å². The maximum Gasteiger partial charge on any atom is 0.0267 e. The van der Waals surface area contributed by atoms with Crippen LogP contribution in [0.15, 0.2) is 48.7 Å². The van der Waals surface area contributed by atoms with Crippen molar-refractivity contribution >= 4 is 12.2 Å². The first-order chi connectivity index (χ1) is 16.5. The van der Waals surface area contributed by atoms with Crippen LogP contribution in [0.1, 0.15) is 73.2 Å². The smallest absolute Gasteiger partial charge is 0.0267 e. The lowest BCUT2D eigenvalue weighted by Crippen LogP contribution is -2.30. The fourth-order valence-corrected chi connectivity index (χ4v) is 5.55. The number of rotatable bonds is 10. The Morgan fingerprint density at radius 2 is 2.00 bits per heavy atom. The van der Waals surface area contributed by atoms with Gasteiger partial charge in [-0.25, -0.2) is 0 Å². The fourth-order valence-electron chi connectivity index (χ4n) is 5.55. The minimum absolute atomic E-state index is 0.767. The summed E-state index contributed by atoms with van der Waals surface area (Å²) in [6.45, 7) is 14.1. The molecule has 34 heavy (non-hydrogen) atoms. The molecule has 1 aromatic heterocycles. The number of fused-ring (bicyclic) bond motifs is 1. The van der Waals surface area contributed by atoms with E-state index in [1.165, 1.54) is 52.9 Å². The monoisotopic (exact) mass is 457 g/mol. The molecule has 0 bridgehead atoms. The van der Waals surface area contributed by atoms with Crippen LogP contribution in [0.2, 0.25) is 0 Å². The summed E-state index contributed by atoms with van der Waals surface area (Å²) in [7, 11) is 0. The minimum Gasteiger partial charge on any atom is -0.385 e. The fraction of sp³-hybridized carbons (Fsp3) is 0.484. The lowest BCUT2D eigenvalue weighted by Gasteiger charge is -2.33. The summed E-state index contributed by atoms with van der Waals surface area (Å²) in [5.74, 6) is 2.44. The zero-order chi connectivity index (χ0) is 23.9. The van der Waals surface area contributed by atoms with E-state index < -0.39 is 0 Å². The molecule has 1 fully saturated rings. The molecule has 0 spiro atoms. The standard InChI is InChI=1S/C31H43N3/c1-22-9-10-23(2)28(19-22)21-33-24(3)11-12-26-13-15-27(16-14-26)20-32-18-17-29-25(4)34-31-8-6-5-7-30(29)31/h5,7,11-16,22-23,28,32-34H,3,6,8-10,17-21H2,1-2,4H3/b12-11+/t22-,23?,28?/m0/s1. The van der Waals surface area contributed by atoms with Gasteiger partial charge in [-0.3, -0.25) is 0 Å². The van der Waals surface area contributed by atoms with Crippen LogP contribution in [-0.2, 0) is 19.4 Å². The van der Waals surface area contributed by atoms with Gasteiger partial charge in [0.1, 0.15) is 0 Å². The summed E-state index contributed by atoms with van der Waals surface area (Å²) in [6.07, 6.45) is 16.3. The van der Waals surface area contributed by atoms with Gasteiger partial charge < -0.3 is 15.6 Å². The molecule has 2 aliphatic carbocycles. The molecule has 3 heteroatoms. The molecule has 2 aliphatic rings. The number of hydrogen-bond donors (Lipinski definition) is 3. The summed E-state index contributed by atoms with van der Waals surface area (Å²) in [5.41, 5.74) is 9.19. The molecular weight excluding hydrogens is 414 g/mol. The van der Waals surface area contributed by atoms with E-state index in [1.807, 2.05) is 0 Å². The Balaban J connectivity index is 1.18. The molecule has 3 atom stereocenters. The Kier molecular flexibility index (Phi) is 8.50. The first kappa shape index (κ1) is 24.6. The highest BCUT2D eigenvalue weighted by atomic mass is 14.9. The Bertz CT molecular complexity index is 1010. The summed E-state index contributed by atoms with van der Waals surface area (Å²) in [5, 5.41) is 7.17. The molecule has 1 saturated carbocycles. The molecule has 0 aliphatic heterocycles. The number of allylic oxidation sites excluding steroid dienone is 2. The maximum absolute atomic E-state index is 4.21. The summed E-state index contributed by atoms with van der Waals surface area (Å²) in [6, 6.07) is 8.84. The van der Waals surface area contributed by atoms with Gasteiger partial charge in [0, 0.05) is 30.2 Å². The predicted octanol–water partition coefficient (Wildman–Crippen LogP) is 6.80. The molecule has 1 aromatic carbocycles. The van der Waals surface area contributed by atoms with Crippen LogP contribution in [0.25, 0.3) is 12.2 Å². The number of hydrogen-bond acceptors (Lipinski definition) is 2. The molecule has 2 unspecified atom stereocenters. The maximum atomic E-state index is 4.21. The third-order valence-electron chi connectivity index (χ3n) is 7.84. The second-order valence-corrected chi connectivity index (χ2v) is 10.6. The second kappa shape index (κ2) is 11.8. The Hall–Kier alpha value is -2.52. The molecule has 1 heterocycles. The summed E-state index contributed by atoms with van der Waals surface area (Å²) >= 11 is 0. The number of H-pyrrole nitrogens is 1. The lowest BCUT2D eigenvalue weighted by atomic mass is 9.75. The van der Waals surface area contributed by atoms with Gasteiger partial charge in [-0.2, -0.15) is 0 Å². The number of aryl methyl sites for hydroxylation is 2. The molecule has 4 rings (SSSR count). The second-order valence-electron chi connectivity index (χ2n) is 10.6. The zero-order valence-corrected chi connectivity index (χ0v) is 21.4. The molecule has 0 saturated heterocycles. The van der Waals surface area contributed by atoms with Crippen molar-refractivity contribution in [2.45, 2.75) is 65.8 Å². The van der Waals surface area contributed by atoms with E-state index in [9.17, 15) is 0 Å². The van der Waals surface area contributed by atoms with E-state index in [1.54, 1.807) is 0 Å². The van der Waals surface area contributed by atoms with Gasteiger partial charge in [0.15, 0.2) is 0 Å². The highest BCUT2D eigenvalue weighted by Gasteiger charge is 2.25. The minimum atomic E-state index is 0.767. The largest absolute Gasteiger partial charge is 0.385 e. The quantitative estimate of drug-likeness (QED) is 0.271. The van der Waals surface area contributed by atoms with Gasteiger partial charge in [0.25, 0.3) is 0 Å². The zero-order valence-electron chi connectivity index (χ0n) is 21.4. The first-order valence-electron chi connectivity index (χ1n) is 13.3. The van der Waals surface area contributed by atoms with Gasteiger partial charge in [0.2, 0.25) is 0 Å². The normalized spacial score (nSPS) is 22.1. The van der Waals surface area contributed by atoms with Crippen molar-refractivity contribution < 1.29 is 0 Å². The highest BCUT2D eigenvalue weighted by Crippen LogP contribution is 2.33. The lowest BCUT2D eigenvalue weighted by molar-refractivity contribution is 0.202. The van der Waals surface area contributed by atoms with Crippen LogP contribution < -0.4 is 10.6 Å². The molecule has 0 radical (unpaired) electrons. The van der Waals surface area contributed by atoms with E-state index in [-0.39, 0.29) is 0 Å². The van der Waals surface area contributed by atoms with Crippen LogP contribution in [0.5, 0.6) is 0 Å². The molecule has 3 N–H and O–H groups in total. The van der Waals surface area contributed by atoms with Crippen LogP contribution in [0.3, 0.4) is 0 Å². The molecule has 0 amide bonds. The van der Waals surface area contributed by atoms with Gasteiger partial charge in [0.05, 0.1) is 0 Å². The van der Waals surface area contributed by atoms with Crippen molar-refractivity contribution in [2.24, 2.45) is 17.8 Å². The Labute approximate surface area is 206 Å². The van der Waals surface area contributed by atoms with E-state index in [4.69, 9.17) is 0 Å². The Morgan fingerprint density at radius 3 is 2.82 bits per heavy atom. The van der Waals surface area contributed by atoms with Crippen LogP contribution >= 0.6 is 0 Å². The van der Waals surface area contributed by atoms with E-state index in [0.29, 0.717) is 0 Å². The number of benzene rings is 1. The molecule has 3 nitrogen and oxygen atoms in total. The van der Waals surface area contributed by atoms with Gasteiger partial charge in [-0.05, 0) is 85.2 Å². The van der Waals surface area contributed by atoms with Crippen molar-refractivity contribution in [3.05, 3.63) is 82.3 Å². The molecule has 2 aromatic rings. The molecular formula is C31H43N3. The molecule has 182 valence electrons. The first-order valence-corrected chi connectivity index (χ1v) is 13.3. The van der Waals surface area contributed by atoms with Crippen molar-refractivity contribution in [3.8, 4) is 0 Å². The number of nitrogens with one attached hydrogen (secondary N) is 3. The highest BCUT2D eigenvalue weighted by molar-refractivity contribution is 5.60. The summed E-state index contributed by atoms with van der Waals surface area (Å²) < 4.78 is 0. The SMILES string of the molecule is C=C(/C=C/c1ccc(CNCCc2c(C)[nH]c3c2C=CCC3)cc1)NCC1C[C@@H](C)CCC1C. The average Bonchev–Trinajstić information content (AvgIpc) is 3.16. The third kappa shape index (κ3) is 6.54. The van der Waals surface area contributed by atoms with Crippen molar-refractivity contribution in [1.29, 1.82) is 0 Å².